The molecule has 1 aliphatic heterocycles. The van der Waals surface area contributed by atoms with Crippen LogP contribution in [0.1, 0.15) is 10.4 Å². The molecule has 0 amide bonds. The number of aromatic nitrogens is 1. The Hall–Kier alpha value is -1.46. The van der Waals surface area contributed by atoms with Gasteiger partial charge in [0.1, 0.15) is 5.56 Å². The number of halogens is 1. The van der Waals surface area contributed by atoms with E-state index in [2.05, 4.69) is 0 Å². The number of carboxylic acids is 1. The summed E-state index contributed by atoms with van der Waals surface area (Å²) < 4.78 is 1.88. The summed E-state index contributed by atoms with van der Waals surface area (Å²) >= 11 is 7.28. The van der Waals surface area contributed by atoms with Crippen LogP contribution in [0.2, 0.25) is 5.02 Å². The van der Waals surface area contributed by atoms with Crippen molar-refractivity contribution in [3.8, 4) is 0 Å². The van der Waals surface area contributed by atoms with Gasteiger partial charge in [-0.25, -0.2) is 4.79 Å². The van der Waals surface area contributed by atoms with Crippen LogP contribution in [0.3, 0.4) is 0 Å². The maximum absolute atomic E-state index is 12.2. The van der Waals surface area contributed by atoms with Gasteiger partial charge in [-0.1, -0.05) is 11.6 Å². The first kappa shape index (κ1) is 11.6. The van der Waals surface area contributed by atoms with E-state index < -0.39 is 11.4 Å². The highest BCUT2D eigenvalue weighted by Crippen LogP contribution is 2.31. The fraction of sp³-hybridized carbons (Fsp3) is 0.167. The number of carbonyl (C=O) groups is 1. The molecule has 0 bridgehead atoms. The first-order chi connectivity index (χ1) is 8.59. The number of thioether (sulfide) groups is 1. The Morgan fingerprint density at radius 2 is 2.22 bits per heavy atom. The van der Waals surface area contributed by atoms with Crippen LogP contribution in [0.15, 0.2) is 28.0 Å². The molecule has 0 aliphatic carbocycles. The third kappa shape index (κ3) is 1.54. The molecule has 1 aromatic carbocycles. The lowest BCUT2D eigenvalue weighted by molar-refractivity contribution is 0.0690. The number of aromatic carboxylic acids is 1. The standard InChI is InChI=1S/C12H8ClNO3S/c13-6-1-2-8-7(5-6)10(15)9(12(16)17)11-14(8)3-4-18-11/h1-2,5H,3-4H2,(H,16,17). The molecule has 0 spiro atoms. The lowest BCUT2D eigenvalue weighted by atomic mass is 10.1. The van der Waals surface area contributed by atoms with E-state index in [4.69, 9.17) is 11.6 Å². The number of nitrogens with zero attached hydrogens (tertiary/aromatic N) is 1. The Bertz CT molecular complexity index is 738. The third-order valence-electron chi connectivity index (χ3n) is 2.95. The maximum Gasteiger partial charge on any atom is 0.342 e. The molecule has 0 unspecified atom stereocenters. The van der Waals surface area contributed by atoms with E-state index >= 15 is 0 Å². The molecule has 92 valence electrons. The Balaban J connectivity index is 2.54. The van der Waals surface area contributed by atoms with Crippen molar-refractivity contribution in [2.75, 3.05) is 5.75 Å². The van der Waals surface area contributed by atoms with Crippen molar-refractivity contribution in [3.05, 3.63) is 39.0 Å². The Kier molecular flexibility index (Phi) is 2.60. The Morgan fingerprint density at radius 1 is 1.44 bits per heavy atom. The highest BCUT2D eigenvalue weighted by Gasteiger charge is 2.25. The molecule has 0 saturated heterocycles. The largest absolute Gasteiger partial charge is 0.477 e. The third-order valence-corrected chi connectivity index (χ3v) is 4.27. The Labute approximate surface area is 111 Å². The number of pyridine rings is 1. The van der Waals surface area contributed by atoms with Crippen molar-refractivity contribution < 1.29 is 9.90 Å². The zero-order valence-corrected chi connectivity index (χ0v) is 10.7. The van der Waals surface area contributed by atoms with Crippen LogP contribution >= 0.6 is 23.4 Å². The molecule has 0 atom stereocenters. The highest BCUT2D eigenvalue weighted by molar-refractivity contribution is 7.99. The monoisotopic (exact) mass is 281 g/mol. The molecular formula is C12H8ClNO3S. The minimum absolute atomic E-state index is 0.146. The van der Waals surface area contributed by atoms with E-state index in [1.807, 2.05) is 4.57 Å². The van der Waals surface area contributed by atoms with Crippen molar-refractivity contribution in [3.63, 3.8) is 0 Å². The second kappa shape index (κ2) is 4.03. The molecule has 0 radical (unpaired) electrons. The summed E-state index contributed by atoms with van der Waals surface area (Å²) in [6, 6.07) is 5.00. The summed E-state index contributed by atoms with van der Waals surface area (Å²) in [5.41, 5.74) is 0.141. The molecule has 2 aromatic rings. The SMILES string of the molecule is O=C(O)c1c2n(c3ccc(Cl)cc3c1=O)CCS2. The second-order valence-electron chi connectivity index (χ2n) is 3.98. The zero-order chi connectivity index (χ0) is 12.9. The number of aryl methyl sites for hydroxylation is 1. The number of fused-ring (bicyclic) bond motifs is 3. The van der Waals surface area contributed by atoms with E-state index in [0.29, 0.717) is 22.0 Å². The van der Waals surface area contributed by atoms with Gasteiger partial charge >= 0.3 is 5.97 Å². The summed E-state index contributed by atoms with van der Waals surface area (Å²) in [7, 11) is 0. The van der Waals surface area contributed by atoms with Crippen LogP contribution < -0.4 is 5.43 Å². The topological polar surface area (TPSA) is 59.3 Å². The van der Waals surface area contributed by atoms with E-state index in [1.54, 1.807) is 12.1 Å². The number of rotatable bonds is 1. The molecule has 0 saturated carbocycles. The lowest BCUT2D eigenvalue weighted by Gasteiger charge is -2.10. The van der Waals surface area contributed by atoms with Crippen molar-refractivity contribution in [1.82, 2.24) is 4.57 Å². The summed E-state index contributed by atoms with van der Waals surface area (Å²) in [5.74, 6) is -0.401. The number of hydrogen-bond acceptors (Lipinski definition) is 3. The van der Waals surface area contributed by atoms with Crippen molar-refractivity contribution >= 4 is 40.2 Å². The van der Waals surface area contributed by atoms with Gasteiger partial charge in [0.05, 0.1) is 10.5 Å². The van der Waals surface area contributed by atoms with Gasteiger partial charge in [-0.3, -0.25) is 4.79 Å². The van der Waals surface area contributed by atoms with Crippen molar-refractivity contribution in [2.45, 2.75) is 11.6 Å². The zero-order valence-electron chi connectivity index (χ0n) is 9.14. The Morgan fingerprint density at radius 3 is 2.94 bits per heavy atom. The van der Waals surface area contributed by atoms with Crippen molar-refractivity contribution in [2.24, 2.45) is 0 Å². The highest BCUT2D eigenvalue weighted by atomic mass is 35.5. The van der Waals surface area contributed by atoms with Gasteiger partial charge in [0.2, 0.25) is 5.43 Å². The van der Waals surface area contributed by atoms with Crippen molar-refractivity contribution in [1.29, 1.82) is 0 Å². The minimum Gasteiger partial charge on any atom is -0.477 e. The quantitative estimate of drug-likeness (QED) is 0.872. The molecule has 2 heterocycles. The average Bonchev–Trinajstić information content (AvgIpc) is 2.77. The fourth-order valence-electron chi connectivity index (χ4n) is 2.20. The van der Waals surface area contributed by atoms with Gasteiger partial charge in [-0.05, 0) is 18.2 Å². The molecule has 1 aromatic heterocycles. The fourth-order valence-corrected chi connectivity index (χ4v) is 3.51. The van der Waals surface area contributed by atoms with Gasteiger partial charge in [-0.2, -0.15) is 0 Å². The van der Waals surface area contributed by atoms with Crippen LogP contribution in [0, 0.1) is 0 Å². The van der Waals surface area contributed by atoms with Gasteiger partial charge in [0.25, 0.3) is 0 Å². The van der Waals surface area contributed by atoms with E-state index in [-0.39, 0.29) is 5.56 Å². The van der Waals surface area contributed by atoms with Gasteiger partial charge in [0, 0.05) is 22.7 Å². The lowest BCUT2D eigenvalue weighted by Crippen LogP contribution is -2.20. The normalized spacial score (nSPS) is 13.8. The van der Waals surface area contributed by atoms with Gasteiger partial charge in [-0.15, -0.1) is 11.8 Å². The van der Waals surface area contributed by atoms with Crippen LogP contribution in [-0.2, 0) is 6.54 Å². The summed E-state index contributed by atoms with van der Waals surface area (Å²) in [5, 5.41) is 10.5. The second-order valence-corrected chi connectivity index (χ2v) is 5.50. The molecule has 18 heavy (non-hydrogen) atoms. The maximum atomic E-state index is 12.2. The molecule has 1 N–H and O–H groups in total. The van der Waals surface area contributed by atoms with Gasteiger partial charge < -0.3 is 9.67 Å². The number of hydrogen-bond donors (Lipinski definition) is 1. The predicted octanol–water partition coefficient (Wildman–Crippen LogP) is 2.46. The van der Waals surface area contributed by atoms with Gasteiger partial charge in [0.15, 0.2) is 0 Å². The molecule has 3 rings (SSSR count). The average molecular weight is 282 g/mol. The predicted molar refractivity (Wildman–Crippen MR) is 70.9 cm³/mol. The van der Waals surface area contributed by atoms with E-state index in [9.17, 15) is 14.7 Å². The summed E-state index contributed by atoms with van der Waals surface area (Å²) in [6.07, 6.45) is 0. The molecule has 1 aliphatic rings. The summed E-state index contributed by atoms with van der Waals surface area (Å²) in [6.45, 7) is 0.707. The first-order valence-corrected chi connectivity index (χ1v) is 6.68. The van der Waals surface area contributed by atoms with E-state index in [1.165, 1.54) is 17.8 Å². The van der Waals surface area contributed by atoms with Crippen LogP contribution in [-0.4, -0.2) is 21.4 Å². The summed E-state index contributed by atoms with van der Waals surface area (Å²) in [4.78, 5) is 23.5. The first-order valence-electron chi connectivity index (χ1n) is 5.32. The van der Waals surface area contributed by atoms with Crippen LogP contribution in [0.25, 0.3) is 10.9 Å². The van der Waals surface area contributed by atoms with Crippen LogP contribution in [0.4, 0.5) is 0 Å². The molecule has 4 nitrogen and oxygen atoms in total. The molecule has 6 heteroatoms. The smallest absolute Gasteiger partial charge is 0.342 e. The van der Waals surface area contributed by atoms with Crippen LogP contribution in [0.5, 0.6) is 0 Å². The minimum atomic E-state index is -1.18. The van der Waals surface area contributed by atoms with E-state index in [0.717, 1.165) is 11.3 Å². The number of benzene rings is 1. The number of carboxylic acid groups (broad SMARTS) is 1. The molecular weight excluding hydrogens is 274 g/mol. The molecule has 0 fully saturated rings.